The van der Waals surface area contributed by atoms with E-state index < -0.39 is 0 Å². The molecule has 1 fully saturated rings. The number of likely N-dealkylation sites (tertiary alicyclic amines) is 1. The molecular weight excluding hydrogens is 316 g/mol. The molecule has 1 atom stereocenters. The van der Waals surface area contributed by atoms with Gasteiger partial charge in [0.2, 0.25) is 5.91 Å². The Morgan fingerprint density at radius 3 is 2.84 bits per heavy atom. The minimum absolute atomic E-state index is 0.0287. The van der Waals surface area contributed by atoms with Gasteiger partial charge in [0, 0.05) is 40.9 Å². The monoisotopic (exact) mass is 334 g/mol. The average Bonchev–Trinajstić information content (AvgIpc) is 3.34. The summed E-state index contributed by atoms with van der Waals surface area (Å²) in [6.07, 6.45) is 7.31. The van der Waals surface area contributed by atoms with Crippen LogP contribution in [0.3, 0.4) is 0 Å². The van der Waals surface area contributed by atoms with Crippen molar-refractivity contribution in [3.05, 3.63) is 47.4 Å². The Bertz CT molecular complexity index is 1010. The first kappa shape index (κ1) is 14.3. The number of carbonyl (C=O) groups excluding carboxylic acids is 1. The van der Waals surface area contributed by atoms with Gasteiger partial charge in [0.1, 0.15) is 0 Å². The number of rotatable bonds is 2. The highest BCUT2D eigenvalue weighted by molar-refractivity contribution is 6.02. The van der Waals surface area contributed by atoms with Gasteiger partial charge in [-0.05, 0) is 31.6 Å². The Morgan fingerprint density at radius 1 is 1.20 bits per heavy atom. The van der Waals surface area contributed by atoms with Gasteiger partial charge in [0.15, 0.2) is 0 Å². The molecule has 1 amide bonds. The fraction of sp³-hybridized carbons (Fsp3) is 0.278. The van der Waals surface area contributed by atoms with E-state index in [4.69, 9.17) is 0 Å². The number of amides is 1. The largest absolute Gasteiger partial charge is 0.374 e. The predicted molar refractivity (Wildman–Crippen MR) is 94.7 cm³/mol. The molecule has 0 aliphatic carbocycles. The third-order valence-corrected chi connectivity index (χ3v) is 5.08. The summed E-state index contributed by atoms with van der Waals surface area (Å²) in [5, 5.41) is 18.9. The lowest BCUT2D eigenvalue weighted by molar-refractivity contribution is -0.124. The molecule has 3 aromatic rings. The number of aryl methyl sites for hydroxylation is 1. The molecule has 4 heterocycles. The second kappa shape index (κ2) is 5.20. The molecule has 0 saturated carbocycles. The molecule has 1 aromatic carbocycles. The average molecular weight is 334 g/mol. The van der Waals surface area contributed by atoms with Crippen molar-refractivity contribution in [3.63, 3.8) is 0 Å². The lowest BCUT2D eigenvalue weighted by Gasteiger charge is -2.31. The van der Waals surface area contributed by atoms with Crippen LogP contribution in [0.15, 0.2) is 30.6 Å². The summed E-state index contributed by atoms with van der Waals surface area (Å²) < 4.78 is 0. The van der Waals surface area contributed by atoms with Crippen molar-refractivity contribution in [2.75, 3.05) is 11.9 Å². The van der Waals surface area contributed by atoms with Crippen LogP contribution in [0.4, 0.5) is 5.69 Å². The topological polar surface area (TPSA) is 89.7 Å². The maximum absolute atomic E-state index is 12.4. The minimum Gasteiger partial charge on any atom is -0.374 e. The molecule has 2 aliphatic rings. The lowest BCUT2D eigenvalue weighted by atomic mass is 9.95. The van der Waals surface area contributed by atoms with Gasteiger partial charge in [0.25, 0.3) is 0 Å². The maximum Gasteiger partial charge on any atom is 0.227 e. The normalized spacial score (nSPS) is 19.9. The van der Waals surface area contributed by atoms with Crippen LogP contribution in [-0.2, 0) is 4.79 Å². The number of carbonyl (C=O) groups is 1. The molecule has 0 radical (unpaired) electrons. The van der Waals surface area contributed by atoms with Crippen molar-refractivity contribution in [1.82, 2.24) is 25.3 Å². The number of aromatic amines is 2. The van der Waals surface area contributed by atoms with Crippen molar-refractivity contribution in [2.45, 2.75) is 25.8 Å². The Morgan fingerprint density at radius 2 is 2.08 bits per heavy atom. The summed E-state index contributed by atoms with van der Waals surface area (Å²) in [5.41, 5.74) is 6.09. The second-order valence-corrected chi connectivity index (χ2v) is 6.59. The van der Waals surface area contributed by atoms with Gasteiger partial charge in [-0.3, -0.25) is 15.0 Å². The number of aromatic nitrogens is 4. The number of fused-ring (bicyclic) bond motifs is 3. The molecule has 7 nitrogen and oxygen atoms in total. The maximum atomic E-state index is 12.4. The zero-order valence-corrected chi connectivity index (χ0v) is 13.8. The Balaban J connectivity index is 1.72. The molecule has 1 unspecified atom stereocenters. The van der Waals surface area contributed by atoms with E-state index in [-0.39, 0.29) is 11.9 Å². The van der Waals surface area contributed by atoms with Gasteiger partial charge >= 0.3 is 0 Å². The number of nitrogens with one attached hydrogen (secondary N) is 3. The van der Waals surface area contributed by atoms with Gasteiger partial charge in [-0.1, -0.05) is 0 Å². The summed E-state index contributed by atoms with van der Waals surface area (Å²) in [6, 6.07) is 4.03. The number of hydrogen-bond donors (Lipinski definition) is 3. The van der Waals surface area contributed by atoms with Crippen molar-refractivity contribution >= 4 is 28.2 Å². The van der Waals surface area contributed by atoms with Gasteiger partial charge in [-0.15, -0.1) is 0 Å². The van der Waals surface area contributed by atoms with Crippen LogP contribution in [0.5, 0.6) is 0 Å². The van der Waals surface area contributed by atoms with Gasteiger partial charge in [0.05, 0.1) is 29.6 Å². The third kappa shape index (κ3) is 2.08. The fourth-order valence-corrected chi connectivity index (χ4v) is 3.83. The van der Waals surface area contributed by atoms with Gasteiger partial charge < -0.3 is 10.2 Å². The zero-order chi connectivity index (χ0) is 17.0. The fourth-order valence-electron chi connectivity index (χ4n) is 3.83. The number of nitrogens with zero attached hydrogens (tertiary/aromatic N) is 3. The lowest BCUT2D eigenvalue weighted by Crippen LogP contribution is -2.27. The summed E-state index contributed by atoms with van der Waals surface area (Å²) >= 11 is 0. The molecule has 126 valence electrons. The first-order chi connectivity index (χ1) is 12.2. The Hall–Kier alpha value is -3.09. The molecule has 3 N–H and O–H groups in total. The van der Waals surface area contributed by atoms with E-state index in [9.17, 15) is 4.79 Å². The van der Waals surface area contributed by atoms with Crippen molar-refractivity contribution < 1.29 is 4.79 Å². The van der Waals surface area contributed by atoms with Crippen LogP contribution in [0.1, 0.15) is 35.7 Å². The SMILES string of the molecule is Cc1[nH]ncc1C1C=C(N2CCCC2=O)c2c(ccc3[nH]ncc23)N1. The summed E-state index contributed by atoms with van der Waals surface area (Å²) in [5.74, 6) is 0.183. The number of benzene rings is 1. The number of hydrogen-bond acceptors (Lipinski definition) is 4. The highest BCUT2D eigenvalue weighted by Crippen LogP contribution is 2.42. The van der Waals surface area contributed by atoms with E-state index in [1.807, 2.05) is 36.4 Å². The van der Waals surface area contributed by atoms with Crippen LogP contribution in [0, 0.1) is 6.92 Å². The molecule has 2 aromatic heterocycles. The number of anilines is 1. The van der Waals surface area contributed by atoms with E-state index in [0.29, 0.717) is 6.42 Å². The molecule has 25 heavy (non-hydrogen) atoms. The van der Waals surface area contributed by atoms with Crippen molar-refractivity contribution in [1.29, 1.82) is 0 Å². The van der Waals surface area contributed by atoms with Crippen LogP contribution in [0.2, 0.25) is 0 Å². The Labute approximate surface area is 144 Å². The third-order valence-electron chi connectivity index (χ3n) is 5.08. The molecular formula is C18H18N6O. The smallest absolute Gasteiger partial charge is 0.227 e. The summed E-state index contributed by atoms with van der Waals surface area (Å²) in [4.78, 5) is 14.4. The molecule has 7 heteroatoms. The molecule has 0 bridgehead atoms. The quantitative estimate of drug-likeness (QED) is 0.672. The first-order valence-corrected chi connectivity index (χ1v) is 8.47. The van der Waals surface area contributed by atoms with Crippen molar-refractivity contribution in [2.24, 2.45) is 0 Å². The second-order valence-electron chi connectivity index (χ2n) is 6.59. The van der Waals surface area contributed by atoms with Crippen molar-refractivity contribution in [3.8, 4) is 0 Å². The van der Waals surface area contributed by atoms with E-state index in [1.54, 1.807) is 0 Å². The van der Waals surface area contributed by atoms with E-state index in [1.165, 1.54) is 0 Å². The highest BCUT2D eigenvalue weighted by Gasteiger charge is 2.31. The summed E-state index contributed by atoms with van der Waals surface area (Å²) in [6.45, 7) is 2.77. The first-order valence-electron chi connectivity index (χ1n) is 8.47. The van der Waals surface area contributed by atoms with Crippen LogP contribution >= 0.6 is 0 Å². The van der Waals surface area contributed by atoms with Crippen LogP contribution in [0.25, 0.3) is 16.6 Å². The summed E-state index contributed by atoms with van der Waals surface area (Å²) in [7, 11) is 0. The van der Waals surface area contributed by atoms with Crippen LogP contribution < -0.4 is 5.32 Å². The number of H-pyrrole nitrogens is 2. The van der Waals surface area contributed by atoms with E-state index >= 15 is 0 Å². The standard InChI is InChI=1S/C18H18N6O/c1-10-11(8-19-22-10)15-7-16(24-6-2-3-17(24)25)18-12-9-20-23-13(12)4-5-14(18)21-15/h4-5,7-9,15,21H,2-3,6H2,1H3,(H,19,22)(H,20,23). The molecule has 1 saturated heterocycles. The van der Waals surface area contributed by atoms with Gasteiger partial charge in [-0.2, -0.15) is 10.2 Å². The predicted octanol–water partition coefficient (Wildman–Crippen LogP) is 2.72. The Kier molecular flexibility index (Phi) is 2.97. The van der Waals surface area contributed by atoms with E-state index in [0.717, 1.165) is 52.1 Å². The molecule has 0 spiro atoms. The van der Waals surface area contributed by atoms with Crippen LogP contribution in [-0.4, -0.2) is 37.7 Å². The molecule has 5 rings (SSSR count). The zero-order valence-electron chi connectivity index (χ0n) is 13.8. The minimum atomic E-state index is -0.0287. The highest BCUT2D eigenvalue weighted by atomic mass is 16.2. The van der Waals surface area contributed by atoms with E-state index in [2.05, 4.69) is 31.8 Å². The van der Waals surface area contributed by atoms with Gasteiger partial charge in [-0.25, -0.2) is 0 Å². The molecule has 2 aliphatic heterocycles.